The number of hydrogen-bond acceptors (Lipinski definition) is 5. The third kappa shape index (κ3) is 4.71. The fourth-order valence-corrected chi connectivity index (χ4v) is 2.42. The third-order valence-electron chi connectivity index (χ3n) is 3.61. The van der Waals surface area contributed by atoms with E-state index in [-0.39, 0.29) is 13.2 Å². The number of carbonyl (C=O) groups is 2. The SMILES string of the molecule is CCOC(=O)[C@]1([C@H](Cc2ccccc2)NC(=O)OC(C)(C)C)CO1. The molecule has 0 saturated carbocycles. The van der Waals surface area contributed by atoms with Crippen molar-refractivity contribution in [2.45, 2.75) is 51.4 Å². The van der Waals surface area contributed by atoms with E-state index in [4.69, 9.17) is 14.2 Å². The van der Waals surface area contributed by atoms with Crippen LogP contribution in [0.25, 0.3) is 0 Å². The predicted molar refractivity (Wildman–Crippen MR) is 88.6 cm³/mol. The zero-order valence-electron chi connectivity index (χ0n) is 14.6. The zero-order chi connectivity index (χ0) is 17.8. The number of amides is 1. The highest BCUT2D eigenvalue weighted by molar-refractivity contribution is 5.84. The van der Waals surface area contributed by atoms with Gasteiger partial charge in [-0.05, 0) is 39.7 Å². The highest BCUT2D eigenvalue weighted by atomic mass is 16.6. The maximum absolute atomic E-state index is 12.3. The summed E-state index contributed by atoms with van der Waals surface area (Å²) in [6.45, 7) is 7.57. The Morgan fingerprint density at radius 3 is 2.42 bits per heavy atom. The molecule has 1 aliphatic heterocycles. The number of carbonyl (C=O) groups excluding carboxylic acids is 2. The van der Waals surface area contributed by atoms with Gasteiger partial charge in [0.2, 0.25) is 5.60 Å². The predicted octanol–water partition coefficient (Wildman–Crippen LogP) is 2.45. The molecule has 6 heteroatoms. The van der Waals surface area contributed by atoms with E-state index in [1.165, 1.54) is 0 Å². The van der Waals surface area contributed by atoms with Gasteiger partial charge in [-0.25, -0.2) is 9.59 Å². The molecule has 0 aromatic heterocycles. The Hall–Kier alpha value is -2.08. The summed E-state index contributed by atoms with van der Waals surface area (Å²) < 4.78 is 15.9. The van der Waals surface area contributed by atoms with Crippen LogP contribution in [0, 0.1) is 0 Å². The van der Waals surface area contributed by atoms with Crippen molar-refractivity contribution < 1.29 is 23.8 Å². The van der Waals surface area contributed by atoms with Gasteiger partial charge in [0.05, 0.1) is 19.3 Å². The Labute approximate surface area is 142 Å². The highest BCUT2D eigenvalue weighted by Crippen LogP contribution is 2.34. The molecule has 1 fully saturated rings. The molecule has 1 saturated heterocycles. The number of benzene rings is 1. The molecule has 24 heavy (non-hydrogen) atoms. The van der Waals surface area contributed by atoms with Crippen molar-refractivity contribution in [2.24, 2.45) is 0 Å². The molecule has 0 unspecified atom stereocenters. The van der Waals surface area contributed by atoms with E-state index < -0.39 is 29.3 Å². The number of hydrogen-bond donors (Lipinski definition) is 1. The lowest BCUT2D eigenvalue weighted by molar-refractivity contribution is -0.150. The van der Waals surface area contributed by atoms with E-state index in [0.29, 0.717) is 6.42 Å². The van der Waals surface area contributed by atoms with Crippen molar-refractivity contribution in [3.8, 4) is 0 Å². The second kappa shape index (κ2) is 7.21. The summed E-state index contributed by atoms with van der Waals surface area (Å²) in [6, 6.07) is 9.04. The average Bonchev–Trinajstić information content (AvgIpc) is 3.27. The van der Waals surface area contributed by atoms with Crippen molar-refractivity contribution in [3.63, 3.8) is 0 Å². The monoisotopic (exact) mass is 335 g/mol. The minimum absolute atomic E-state index is 0.221. The van der Waals surface area contributed by atoms with Gasteiger partial charge in [-0.1, -0.05) is 30.3 Å². The van der Waals surface area contributed by atoms with Crippen LogP contribution in [0.2, 0.25) is 0 Å². The van der Waals surface area contributed by atoms with Gasteiger partial charge >= 0.3 is 12.1 Å². The van der Waals surface area contributed by atoms with Gasteiger partial charge in [-0.15, -0.1) is 0 Å². The minimum atomic E-state index is -1.14. The number of esters is 1. The Morgan fingerprint density at radius 1 is 1.29 bits per heavy atom. The molecule has 0 aliphatic carbocycles. The molecule has 1 aromatic rings. The molecule has 6 nitrogen and oxygen atoms in total. The molecule has 1 N–H and O–H groups in total. The standard InChI is InChI=1S/C18H25NO5/c1-5-22-15(20)18(12-23-18)14(11-13-9-7-6-8-10-13)19-16(21)24-17(2,3)4/h6-10,14H,5,11-12H2,1-4H3,(H,19,21)/t14-,18+/m0/s1. The minimum Gasteiger partial charge on any atom is -0.464 e. The van der Waals surface area contributed by atoms with Crippen LogP contribution in [-0.4, -0.2) is 42.5 Å². The van der Waals surface area contributed by atoms with Crippen LogP contribution < -0.4 is 5.32 Å². The molecule has 0 radical (unpaired) electrons. The number of rotatable bonds is 6. The van der Waals surface area contributed by atoms with E-state index in [0.717, 1.165) is 5.56 Å². The van der Waals surface area contributed by atoms with Gasteiger partial charge in [0.15, 0.2) is 0 Å². The second-order valence-electron chi connectivity index (χ2n) is 6.79. The molecule has 1 heterocycles. The summed E-state index contributed by atoms with van der Waals surface area (Å²) in [5.74, 6) is -0.456. The van der Waals surface area contributed by atoms with Gasteiger partial charge in [0.25, 0.3) is 0 Å². The molecule has 2 rings (SSSR count). The van der Waals surface area contributed by atoms with Gasteiger partial charge < -0.3 is 19.5 Å². The van der Waals surface area contributed by atoms with E-state index in [2.05, 4.69) is 5.32 Å². The van der Waals surface area contributed by atoms with E-state index in [9.17, 15) is 9.59 Å². The van der Waals surface area contributed by atoms with Gasteiger partial charge in [-0.3, -0.25) is 0 Å². The lowest BCUT2D eigenvalue weighted by Gasteiger charge is -2.26. The van der Waals surface area contributed by atoms with Crippen LogP contribution in [0.1, 0.15) is 33.3 Å². The quantitative estimate of drug-likeness (QED) is 0.638. The first-order valence-corrected chi connectivity index (χ1v) is 8.11. The Kier molecular flexibility index (Phi) is 5.49. The van der Waals surface area contributed by atoms with Crippen LogP contribution in [0.5, 0.6) is 0 Å². The fraction of sp³-hybridized carbons (Fsp3) is 0.556. The Morgan fingerprint density at radius 2 is 1.92 bits per heavy atom. The van der Waals surface area contributed by atoms with Crippen molar-refractivity contribution in [1.82, 2.24) is 5.32 Å². The highest BCUT2D eigenvalue weighted by Gasteiger charge is 2.60. The van der Waals surface area contributed by atoms with Crippen molar-refractivity contribution in [2.75, 3.05) is 13.2 Å². The first kappa shape index (κ1) is 18.3. The summed E-state index contributed by atoms with van der Waals surface area (Å²) in [6.07, 6.45) is -0.138. The van der Waals surface area contributed by atoms with E-state index in [1.807, 2.05) is 30.3 Å². The molecule has 1 aromatic carbocycles. The molecule has 0 spiro atoms. The van der Waals surface area contributed by atoms with Crippen LogP contribution in [-0.2, 0) is 25.4 Å². The van der Waals surface area contributed by atoms with Crippen LogP contribution in [0.3, 0.4) is 0 Å². The maximum atomic E-state index is 12.3. The third-order valence-corrected chi connectivity index (χ3v) is 3.61. The number of epoxide rings is 1. The molecular weight excluding hydrogens is 310 g/mol. The number of ether oxygens (including phenoxy) is 3. The van der Waals surface area contributed by atoms with Crippen LogP contribution >= 0.6 is 0 Å². The lowest BCUT2D eigenvalue weighted by atomic mass is 9.94. The van der Waals surface area contributed by atoms with Crippen LogP contribution in [0.15, 0.2) is 30.3 Å². The molecular formula is C18H25NO5. The topological polar surface area (TPSA) is 77.2 Å². The Balaban J connectivity index is 2.16. The lowest BCUT2D eigenvalue weighted by Crippen LogP contribution is -2.52. The van der Waals surface area contributed by atoms with Crippen molar-refractivity contribution in [1.29, 1.82) is 0 Å². The Bertz CT molecular complexity index is 575. The summed E-state index contributed by atoms with van der Waals surface area (Å²) in [5, 5.41) is 2.78. The molecule has 1 aliphatic rings. The van der Waals surface area contributed by atoms with Crippen LogP contribution in [0.4, 0.5) is 4.79 Å². The summed E-state index contributed by atoms with van der Waals surface area (Å²) >= 11 is 0. The first-order valence-electron chi connectivity index (χ1n) is 8.11. The van der Waals surface area contributed by atoms with Crippen molar-refractivity contribution >= 4 is 12.1 Å². The largest absolute Gasteiger partial charge is 0.464 e. The molecule has 1 amide bonds. The van der Waals surface area contributed by atoms with Crippen molar-refractivity contribution in [3.05, 3.63) is 35.9 Å². The summed E-state index contributed by atoms with van der Waals surface area (Å²) in [5.41, 5.74) is -0.774. The van der Waals surface area contributed by atoms with Gasteiger partial charge in [0, 0.05) is 0 Å². The second-order valence-corrected chi connectivity index (χ2v) is 6.79. The zero-order valence-corrected chi connectivity index (χ0v) is 14.6. The molecule has 0 bridgehead atoms. The van der Waals surface area contributed by atoms with E-state index in [1.54, 1.807) is 27.7 Å². The normalized spacial score (nSPS) is 20.8. The van der Waals surface area contributed by atoms with Gasteiger partial charge in [-0.2, -0.15) is 0 Å². The maximum Gasteiger partial charge on any atom is 0.408 e. The summed E-state index contributed by atoms with van der Waals surface area (Å²) in [4.78, 5) is 24.5. The van der Waals surface area contributed by atoms with Gasteiger partial charge in [0.1, 0.15) is 5.60 Å². The smallest absolute Gasteiger partial charge is 0.408 e. The van der Waals surface area contributed by atoms with E-state index >= 15 is 0 Å². The average molecular weight is 335 g/mol. The fourth-order valence-electron chi connectivity index (χ4n) is 2.42. The first-order chi connectivity index (χ1) is 11.3. The number of nitrogens with one attached hydrogen (secondary N) is 1. The molecule has 132 valence electrons. The number of alkyl carbamates (subject to hydrolysis) is 1. The molecule has 2 atom stereocenters. The summed E-state index contributed by atoms with van der Waals surface area (Å²) in [7, 11) is 0.